The van der Waals surface area contributed by atoms with Gasteiger partial charge in [0.05, 0.1) is 12.6 Å². The normalized spacial score (nSPS) is 16.9. The average molecular weight is 461 g/mol. The molecule has 0 bridgehead atoms. The third kappa shape index (κ3) is 4.62. The molecule has 2 atom stereocenters. The second-order valence-electron chi connectivity index (χ2n) is 9.29. The lowest BCUT2D eigenvalue weighted by molar-refractivity contribution is -0.835. The molecule has 2 unspecified atom stereocenters. The van der Waals surface area contributed by atoms with Crippen molar-refractivity contribution in [1.82, 2.24) is 15.2 Å². The summed E-state index contributed by atoms with van der Waals surface area (Å²) in [4.78, 5) is 32.3. The molecule has 1 aliphatic rings. The molecule has 4 N–H and O–H groups in total. The van der Waals surface area contributed by atoms with Crippen molar-refractivity contribution in [2.24, 2.45) is 0 Å². The highest BCUT2D eigenvalue weighted by atomic mass is 16.2. The zero-order valence-electron chi connectivity index (χ0n) is 20.6. The van der Waals surface area contributed by atoms with Crippen LogP contribution in [0.5, 0.6) is 0 Å². The number of rotatable bonds is 8. The van der Waals surface area contributed by atoms with E-state index in [0.717, 1.165) is 46.1 Å². The number of nitrogens with one attached hydrogen (secondary N) is 4. The monoisotopic (exact) mass is 460 g/mol. The Bertz CT molecular complexity index is 1200. The molecule has 7 nitrogen and oxygen atoms in total. The quantitative estimate of drug-likeness (QED) is 0.308. The van der Waals surface area contributed by atoms with Crippen molar-refractivity contribution in [1.29, 1.82) is 0 Å². The first-order chi connectivity index (χ1) is 16.3. The molecule has 0 aliphatic carbocycles. The van der Waals surface area contributed by atoms with Crippen molar-refractivity contribution in [3.63, 3.8) is 0 Å². The van der Waals surface area contributed by atoms with Gasteiger partial charge in [-0.15, -0.1) is 0 Å². The van der Waals surface area contributed by atoms with Crippen LogP contribution in [0.3, 0.4) is 0 Å². The highest BCUT2D eigenvalue weighted by Gasteiger charge is 2.37. The van der Waals surface area contributed by atoms with Gasteiger partial charge in [0.2, 0.25) is 0 Å². The van der Waals surface area contributed by atoms with Crippen LogP contribution in [0.15, 0.2) is 48.5 Å². The van der Waals surface area contributed by atoms with Crippen molar-refractivity contribution >= 4 is 23.1 Å². The first-order valence-corrected chi connectivity index (χ1v) is 11.7. The van der Waals surface area contributed by atoms with Crippen molar-refractivity contribution in [2.75, 3.05) is 39.5 Å². The summed E-state index contributed by atoms with van der Waals surface area (Å²) in [6.45, 7) is 5.57. The Balaban J connectivity index is 1.54. The van der Waals surface area contributed by atoms with E-state index in [1.54, 1.807) is 0 Å². The molecule has 0 saturated heterocycles. The minimum Gasteiger partial charge on any atom is -0.354 e. The van der Waals surface area contributed by atoms with Gasteiger partial charge in [-0.25, -0.2) is 0 Å². The van der Waals surface area contributed by atoms with Crippen molar-refractivity contribution in [3.8, 4) is 0 Å². The number of H-pyrrole nitrogens is 1. The number of amides is 1. The number of hydrogen-bond acceptors (Lipinski definition) is 4. The number of carbonyl (C=O) groups is 2. The summed E-state index contributed by atoms with van der Waals surface area (Å²) in [5.41, 5.74) is 7.02. The predicted molar refractivity (Wildman–Crippen MR) is 135 cm³/mol. The molecule has 0 saturated carbocycles. The SMILES string of the molecule is Cc1[nH]c(C(=O)NCCCN(C)C)c(C)c1C1Nc2ccc(C(=O)c3ccccc3)cc2[NH+]1C. The minimum absolute atomic E-state index is 0.0156. The molecule has 178 valence electrons. The fourth-order valence-electron chi connectivity index (χ4n) is 4.71. The lowest BCUT2D eigenvalue weighted by Crippen LogP contribution is -3.03. The third-order valence-corrected chi connectivity index (χ3v) is 6.55. The van der Waals surface area contributed by atoms with Crippen LogP contribution in [0.4, 0.5) is 11.4 Å². The van der Waals surface area contributed by atoms with Gasteiger partial charge in [-0.1, -0.05) is 30.3 Å². The van der Waals surface area contributed by atoms with Crippen LogP contribution < -0.4 is 15.5 Å². The maximum absolute atomic E-state index is 13.0. The summed E-state index contributed by atoms with van der Waals surface area (Å²) in [6, 6.07) is 15.2. The van der Waals surface area contributed by atoms with Gasteiger partial charge in [-0.3, -0.25) is 14.5 Å². The maximum atomic E-state index is 13.0. The first-order valence-electron chi connectivity index (χ1n) is 11.7. The molecule has 0 fully saturated rings. The van der Waals surface area contributed by atoms with E-state index in [2.05, 4.69) is 27.6 Å². The van der Waals surface area contributed by atoms with Crippen LogP contribution >= 0.6 is 0 Å². The minimum atomic E-state index is -0.0745. The summed E-state index contributed by atoms with van der Waals surface area (Å²) >= 11 is 0. The molecule has 0 spiro atoms. The molecule has 2 heterocycles. The number of nitrogens with zero attached hydrogens (tertiary/aromatic N) is 1. The molecule has 1 aliphatic heterocycles. The van der Waals surface area contributed by atoms with Gasteiger partial charge in [0, 0.05) is 29.4 Å². The molecule has 1 amide bonds. The fraction of sp³-hybridized carbons (Fsp3) is 0.333. The van der Waals surface area contributed by atoms with E-state index >= 15 is 0 Å². The number of carbonyl (C=O) groups excluding carboxylic acids is 2. The van der Waals surface area contributed by atoms with Crippen LogP contribution in [-0.2, 0) is 0 Å². The largest absolute Gasteiger partial charge is 0.354 e. The number of hydrogen-bond donors (Lipinski definition) is 4. The standard InChI is InChI=1S/C27H33N5O2/c1-17-23(18(2)29-24(17)27(34)28-14-9-15-31(3)4)26-30-21-13-12-20(16-22(21)32(26)5)25(33)19-10-7-6-8-11-19/h6-8,10-13,16,26,29-30H,9,14-15H2,1-5H3,(H,28,34)/p+1. The molecule has 34 heavy (non-hydrogen) atoms. The Hall–Kier alpha value is -3.42. The van der Waals surface area contributed by atoms with Gasteiger partial charge >= 0.3 is 0 Å². The Kier molecular flexibility index (Phi) is 6.86. The number of anilines is 1. The molecular formula is C27H34N5O2+. The van der Waals surface area contributed by atoms with E-state index in [1.807, 2.05) is 76.5 Å². The molecule has 0 radical (unpaired) electrons. The molecule has 7 heteroatoms. The predicted octanol–water partition coefficient (Wildman–Crippen LogP) is 2.81. The zero-order chi connectivity index (χ0) is 24.4. The third-order valence-electron chi connectivity index (χ3n) is 6.55. The van der Waals surface area contributed by atoms with E-state index in [9.17, 15) is 9.59 Å². The highest BCUT2D eigenvalue weighted by molar-refractivity contribution is 6.09. The van der Waals surface area contributed by atoms with E-state index in [-0.39, 0.29) is 17.9 Å². The smallest absolute Gasteiger partial charge is 0.267 e. The number of quaternary nitrogens is 1. The number of benzene rings is 2. The number of fused-ring (bicyclic) bond motifs is 1. The van der Waals surface area contributed by atoms with Crippen molar-refractivity contribution < 1.29 is 14.5 Å². The van der Waals surface area contributed by atoms with E-state index in [0.29, 0.717) is 23.4 Å². The maximum Gasteiger partial charge on any atom is 0.267 e. The highest BCUT2D eigenvalue weighted by Crippen LogP contribution is 2.33. The number of aryl methyl sites for hydroxylation is 1. The summed E-state index contributed by atoms with van der Waals surface area (Å²) in [7, 11) is 6.14. The number of aromatic amines is 1. The first kappa shape index (κ1) is 23.7. The number of aromatic nitrogens is 1. The lowest BCUT2D eigenvalue weighted by atomic mass is 10.0. The second kappa shape index (κ2) is 9.83. The van der Waals surface area contributed by atoms with Gasteiger partial charge in [0.15, 0.2) is 17.6 Å². The van der Waals surface area contributed by atoms with Gasteiger partial charge in [0.1, 0.15) is 11.4 Å². The topological polar surface area (TPSA) is 81.7 Å². The summed E-state index contributed by atoms with van der Waals surface area (Å²) in [6.07, 6.45) is 0.851. The summed E-state index contributed by atoms with van der Waals surface area (Å²) in [5.74, 6) is -0.0589. The molecule has 3 aromatic rings. The summed E-state index contributed by atoms with van der Waals surface area (Å²) in [5, 5.41) is 6.63. The Morgan fingerprint density at radius 1 is 1.06 bits per heavy atom. The Labute approximate surface area is 201 Å². The Morgan fingerprint density at radius 2 is 1.79 bits per heavy atom. The van der Waals surface area contributed by atoms with Crippen LogP contribution in [0, 0.1) is 13.8 Å². The summed E-state index contributed by atoms with van der Waals surface area (Å²) < 4.78 is 0. The van der Waals surface area contributed by atoms with Crippen molar-refractivity contribution in [2.45, 2.75) is 26.4 Å². The molecule has 2 aromatic carbocycles. The van der Waals surface area contributed by atoms with E-state index < -0.39 is 0 Å². The van der Waals surface area contributed by atoms with Crippen LogP contribution in [-0.4, -0.2) is 55.8 Å². The van der Waals surface area contributed by atoms with Gasteiger partial charge < -0.3 is 20.5 Å². The van der Waals surface area contributed by atoms with Crippen LogP contribution in [0.2, 0.25) is 0 Å². The fourth-order valence-corrected chi connectivity index (χ4v) is 4.71. The Morgan fingerprint density at radius 3 is 2.50 bits per heavy atom. The van der Waals surface area contributed by atoms with E-state index in [1.165, 1.54) is 0 Å². The van der Waals surface area contributed by atoms with Crippen molar-refractivity contribution in [3.05, 3.63) is 82.2 Å². The average Bonchev–Trinajstić information content (AvgIpc) is 3.31. The zero-order valence-corrected chi connectivity index (χ0v) is 20.6. The van der Waals surface area contributed by atoms with Gasteiger partial charge in [-0.05, 0) is 58.6 Å². The lowest BCUT2D eigenvalue weighted by Gasteiger charge is -2.18. The van der Waals surface area contributed by atoms with Crippen LogP contribution in [0.25, 0.3) is 0 Å². The number of ketones is 1. The molecule has 1 aromatic heterocycles. The van der Waals surface area contributed by atoms with Crippen LogP contribution in [0.1, 0.15) is 55.8 Å². The van der Waals surface area contributed by atoms with Gasteiger partial charge in [-0.2, -0.15) is 0 Å². The molecular weight excluding hydrogens is 426 g/mol. The molecule has 4 rings (SSSR count). The van der Waals surface area contributed by atoms with Gasteiger partial charge in [0.25, 0.3) is 5.91 Å². The van der Waals surface area contributed by atoms with E-state index in [4.69, 9.17) is 0 Å². The second-order valence-corrected chi connectivity index (χ2v) is 9.29.